The highest BCUT2D eigenvalue weighted by Crippen LogP contribution is 2.57. The van der Waals surface area contributed by atoms with Gasteiger partial charge in [-0.05, 0) is 74.7 Å². The molecule has 0 heterocycles. The van der Waals surface area contributed by atoms with Crippen molar-refractivity contribution in [3.05, 3.63) is 47.1 Å². The van der Waals surface area contributed by atoms with Gasteiger partial charge in [0.1, 0.15) is 0 Å². The third-order valence-corrected chi connectivity index (χ3v) is 7.93. The van der Waals surface area contributed by atoms with E-state index < -0.39 is 30.2 Å². The minimum absolute atomic E-state index is 0.0541. The summed E-state index contributed by atoms with van der Waals surface area (Å²) in [5, 5.41) is 29.2. The van der Waals surface area contributed by atoms with Crippen LogP contribution in [0.5, 0.6) is 0 Å². The Kier molecular flexibility index (Phi) is 8.04. The van der Waals surface area contributed by atoms with Crippen LogP contribution in [-0.4, -0.2) is 45.5 Å². The van der Waals surface area contributed by atoms with Crippen LogP contribution < -0.4 is 0 Å². The van der Waals surface area contributed by atoms with Crippen molar-refractivity contribution in [3.8, 4) is 0 Å². The van der Waals surface area contributed by atoms with Crippen LogP contribution in [0.2, 0.25) is 0 Å². The number of allylic oxidation sites excluding steroid dienone is 6. The number of alkyl halides is 6. The van der Waals surface area contributed by atoms with Crippen LogP contribution in [0.15, 0.2) is 47.1 Å². The molecule has 0 amide bonds. The molecule has 3 aliphatic carbocycles. The Balaban J connectivity index is 1.73. The minimum Gasteiger partial charge on any atom is -0.393 e. The Bertz CT molecular complexity index is 872. The number of aliphatic hydroxyl groups is 3. The van der Waals surface area contributed by atoms with E-state index in [4.69, 9.17) is 0 Å². The molecule has 0 aromatic heterocycles. The lowest BCUT2D eigenvalue weighted by Crippen LogP contribution is -2.55. The average molecular weight is 509 g/mol. The monoisotopic (exact) mass is 508 g/mol. The molecule has 35 heavy (non-hydrogen) atoms. The van der Waals surface area contributed by atoms with Gasteiger partial charge in [-0.15, -0.1) is 0 Å². The zero-order valence-corrected chi connectivity index (χ0v) is 20.0. The molecule has 0 radical (unpaired) electrons. The summed E-state index contributed by atoms with van der Waals surface area (Å²) in [4.78, 5) is 0. The zero-order valence-electron chi connectivity index (χ0n) is 20.0. The van der Waals surface area contributed by atoms with E-state index in [2.05, 4.69) is 19.1 Å². The number of hydrogen-bond acceptors (Lipinski definition) is 3. The standard InChI is InChI=1S/C26H34F6O3/c1-16(5-3-12-24(35,25(27,28)29)26(30,31)32)21-9-10-22-18(6-4-11-23(21,22)2)8-7-17-13-19(33)15-20(34)14-17/h3,7-9,12,16,19-20,22,33-35H,4-6,10-11,13-15H2,1-2H3/b12-3-,18-8+/t16-,19-,20-,22?,23-/m1/s1. The van der Waals surface area contributed by atoms with Crippen molar-refractivity contribution in [1.82, 2.24) is 0 Å². The molecule has 0 spiro atoms. The highest BCUT2D eigenvalue weighted by Gasteiger charge is 2.68. The van der Waals surface area contributed by atoms with Crippen LogP contribution in [-0.2, 0) is 0 Å². The number of aliphatic hydroxyl groups excluding tert-OH is 2. The van der Waals surface area contributed by atoms with Crippen LogP contribution in [0.3, 0.4) is 0 Å². The first-order valence-electron chi connectivity index (χ1n) is 12.1. The van der Waals surface area contributed by atoms with Crippen LogP contribution in [0, 0.1) is 17.3 Å². The smallest absolute Gasteiger partial charge is 0.393 e. The third kappa shape index (κ3) is 5.72. The van der Waals surface area contributed by atoms with Gasteiger partial charge in [0.2, 0.25) is 0 Å². The van der Waals surface area contributed by atoms with Gasteiger partial charge in [-0.2, -0.15) is 26.3 Å². The second-order valence-electron chi connectivity index (χ2n) is 10.5. The van der Waals surface area contributed by atoms with Gasteiger partial charge in [-0.25, -0.2) is 0 Å². The average Bonchev–Trinajstić information content (AvgIpc) is 3.07. The maximum atomic E-state index is 12.9. The Labute approximate surface area is 201 Å². The van der Waals surface area contributed by atoms with Gasteiger partial charge in [-0.3, -0.25) is 0 Å². The molecule has 0 aliphatic heterocycles. The quantitative estimate of drug-likeness (QED) is 0.301. The Morgan fingerprint density at radius 2 is 1.66 bits per heavy atom. The van der Waals surface area contributed by atoms with E-state index in [1.54, 1.807) is 6.92 Å². The Morgan fingerprint density at radius 3 is 2.23 bits per heavy atom. The summed E-state index contributed by atoms with van der Waals surface area (Å²) in [5.41, 5.74) is -1.87. The van der Waals surface area contributed by atoms with Crippen molar-refractivity contribution in [3.63, 3.8) is 0 Å². The molecule has 5 atom stereocenters. The van der Waals surface area contributed by atoms with Gasteiger partial charge >= 0.3 is 12.4 Å². The van der Waals surface area contributed by atoms with Crippen molar-refractivity contribution in [2.45, 2.75) is 95.4 Å². The lowest BCUT2D eigenvalue weighted by Gasteiger charge is -2.42. The van der Waals surface area contributed by atoms with E-state index >= 15 is 0 Å². The van der Waals surface area contributed by atoms with Crippen molar-refractivity contribution < 1.29 is 41.7 Å². The predicted octanol–water partition coefficient (Wildman–Crippen LogP) is 6.32. The second-order valence-corrected chi connectivity index (χ2v) is 10.5. The maximum absolute atomic E-state index is 12.9. The summed E-state index contributed by atoms with van der Waals surface area (Å²) in [6, 6.07) is 0. The molecule has 198 valence electrons. The third-order valence-electron chi connectivity index (χ3n) is 7.93. The van der Waals surface area contributed by atoms with Gasteiger partial charge < -0.3 is 15.3 Å². The summed E-state index contributed by atoms with van der Waals surface area (Å²) < 4.78 is 77.6. The molecule has 0 aromatic rings. The van der Waals surface area contributed by atoms with E-state index in [0.717, 1.165) is 42.9 Å². The SMILES string of the molecule is C[C@H](C/C=C\C(O)(C(F)(F)F)C(F)(F)F)C1=CCC2/C(=C/C=C3C[C@@H](O)C[C@H](O)C3)CCC[C@]12C. The lowest BCUT2D eigenvalue weighted by molar-refractivity contribution is -0.347. The van der Waals surface area contributed by atoms with Gasteiger partial charge in [0.05, 0.1) is 12.2 Å². The highest BCUT2D eigenvalue weighted by atomic mass is 19.4. The molecule has 0 aromatic carbocycles. The lowest BCUT2D eigenvalue weighted by atomic mass is 9.62. The van der Waals surface area contributed by atoms with E-state index in [9.17, 15) is 41.7 Å². The van der Waals surface area contributed by atoms with Crippen molar-refractivity contribution in [2.24, 2.45) is 17.3 Å². The summed E-state index contributed by atoms with van der Waals surface area (Å²) in [5.74, 6) is -0.0939. The Hall–Kier alpha value is -1.58. The van der Waals surface area contributed by atoms with E-state index in [1.807, 2.05) is 6.08 Å². The number of fused-ring (bicyclic) bond motifs is 1. The van der Waals surface area contributed by atoms with Gasteiger partial charge in [-0.1, -0.05) is 54.9 Å². The number of halogens is 6. The maximum Gasteiger partial charge on any atom is 0.429 e. The first kappa shape index (κ1) is 28.0. The fourth-order valence-corrected chi connectivity index (χ4v) is 6.07. The van der Waals surface area contributed by atoms with E-state index in [1.165, 1.54) is 5.57 Å². The largest absolute Gasteiger partial charge is 0.429 e. The first-order chi connectivity index (χ1) is 16.1. The molecular formula is C26H34F6O3. The molecule has 1 unspecified atom stereocenters. The van der Waals surface area contributed by atoms with Gasteiger partial charge in [0, 0.05) is 0 Å². The molecule has 9 heteroatoms. The summed E-state index contributed by atoms with van der Waals surface area (Å²) in [6.07, 6.45) is -1.33. The summed E-state index contributed by atoms with van der Waals surface area (Å²) in [6.45, 7) is 3.89. The molecule has 2 saturated carbocycles. The fraction of sp³-hybridized carbons (Fsp3) is 0.692. The molecule has 3 N–H and O–H groups in total. The normalized spacial score (nSPS) is 32.7. The predicted molar refractivity (Wildman–Crippen MR) is 120 cm³/mol. The minimum atomic E-state index is -5.86. The number of hydrogen-bond donors (Lipinski definition) is 3. The Morgan fingerprint density at radius 1 is 1.06 bits per heavy atom. The van der Waals surface area contributed by atoms with Crippen LogP contribution in [0.4, 0.5) is 26.3 Å². The highest BCUT2D eigenvalue weighted by molar-refractivity contribution is 5.35. The first-order valence-corrected chi connectivity index (χ1v) is 12.1. The van der Waals surface area contributed by atoms with Crippen LogP contribution in [0.25, 0.3) is 0 Å². The van der Waals surface area contributed by atoms with E-state index in [-0.39, 0.29) is 29.7 Å². The molecule has 3 aliphatic rings. The molecule has 0 saturated heterocycles. The van der Waals surface area contributed by atoms with Crippen LogP contribution >= 0.6 is 0 Å². The molecular weight excluding hydrogens is 474 g/mol. The van der Waals surface area contributed by atoms with Gasteiger partial charge in [0.25, 0.3) is 5.60 Å². The molecule has 3 nitrogen and oxygen atoms in total. The van der Waals surface area contributed by atoms with Crippen molar-refractivity contribution in [2.75, 3.05) is 0 Å². The fourth-order valence-electron chi connectivity index (χ4n) is 6.07. The topological polar surface area (TPSA) is 60.7 Å². The van der Waals surface area contributed by atoms with Crippen molar-refractivity contribution in [1.29, 1.82) is 0 Å². The van der Waals surface area contributed by atoms with Crippen LogP contribution in [0.1, 0.15) is 65.2 Å². The molecule has 3 rings (SSSR count). The number of rotatable bonds is 5. The molecule has 0 bridgehead atoms. The molecule has 2 fully saturated rings. The second kappa shape index (κ2) is 10.1. The summed E-state index contributed by atoms with van der Waals surface area (Å²) >= 11 is 0. The van der Waals surface area contributed by atoms with Gasteiger partial charge in [0.15, 0.2) is 0 Å². The van der Waals surface area contributed by atoms with E-state index in [0.29, 0.717) is 19.3 Å². The van der Waals surface area contributed by atoms with Crippen molar-refractivity contribution >= 4 is 0 Å². The zero-order chi connectivity index (χ0) is 26.2. The summed E-state index contributed by atoms with van der Waals surface area (Å²) in [7, 11) is 0.